The number of halogens is 1. The van der Waals surface area contributed by atoms with Gasteiger partial charge in [0.25, 0.3) is 0 Å². The molecule has 3 nitrogen and oxygen atoms in total. The summed E-state index contributed by atoms with van der Waals surface area (Å²) in [6.07, 6.45) is 0.982. The van der Waals surface area contributed by atoms with E-state index in [0.717, 1.165) is 37.6 Å². The Morgan fingerprint density at radius 2 is 2.19 bits per heavy atom. The fourth-order valence-corrected chi connectivity index (χ4v) is 1.68. The van der Waals surface area contributed by atoms with Crippen molar-refractivity contribution in [1.29, 1.82) is 0 Å². The van der Waals surface area contributed by atoms with Gasteiger partial charge in [0.1, 0.15) is 0 Å². The van der Waals surface area contributed by atoms with E-state index in [2.05, 4.69) is 4.90 Å². The van der Waals surface area contributed by atoms with E-state index < -0.39 is 0 Å². The number of hydrogen-bond acceptors (Lipinski definition) is 3. The van der Waals surface area contributed by atoms with Gasteiger partial charge in [-0.15, -0.1) is 0 Å². The van der Waals surface area contributed by atoms with Crippen LogP contribution < -0.4 is 10.6 Å². The third-order valence-corrected chi connectivity index (χ3v) is 2.63. The minimum absolute atomic E-state index is 0.709. The summed E-state index contributed by atoms with van der Waals surface area (Å²) in [5, 5.41) is 0.709. The number of hydrogen-bond donors (Lipinski definition) is 1. The predicted molar refractivity (Wildman–Crippen MR) is 70.2 cm³/mol. The first-order valence-electron chi connectivity index (χ1n) is 5.49. The molecule has 0 spiro atoms. The van der Waals surface area contributed by atoms with Gasteiger partial charge in [0, 0.05) is 31.8 Å². The molecule has 1 rings (SSSR count). The Bertz CT molecular complexity index is 331. The molecule has 0 atom stereocenters. The highest BCUT2D eigenvalue weighted by Gasteiger charge is 2.05. The summed E-state index contributed by atoms with van der Waals surface area (Å²) in [4.78, 5) is 2.10. The van der Waals surface area contributed by atoms with Crippen LogP contribution in [0.3, 0.4) is 0 Å². The van der Waals surface area contributed by atoms with Crippen LogP contribution in [0.5, 0.6) is 0 Å². The van der Waals surface area contributed by atoms with E-state index in [-0.39, 0.29) is 0 Å². The first-order valence-corrected chi connectivity index (χ1v) is 5.87. The van der Waals surface area contributed by atoms with Gasteiger partial charge < -0.3 is 15.4 Å². The summed E-state index contributed by atoms with van der Waals surface area (Å²) >= 11 is 5.94. The first kappa shape index (κ1) is 13.1. The molecule has 0 aliphatic carbocycles. The molecule has 0 radical (unpaired) electrons. The minimum atomic E-state index is 0.709. The van der Waals surface area contributed by atoms with Crippen molar-refractivity contribution in [2.75, 3.05) is 37.4 Å². The summed E-state index contributed by atoms with van der Waals surface area (Å²) in [7, 11) is 2.01. The van der Waals surface area contributed by atoms with Crippen molar-refractivity contribution in [2.45, 2.75) is 13.3 Å². The van der Waals surface area contributed by atoms with Crippen LogP contribution in [0, 0.1) is 0 Å². The molecule has 0 heterocycles. The number of rotatable bonds is 6. The lowest BCUT2D eigenvalue weighted by Crippen LogP contribution is -2.21. The highest BCUT2D eigenvalue weighted by molar-refractivity contribution is 6.31. The van der Waals surface area contributed by atoms with Gasteiger partial charge in [0.15, 0.2) is 0 Å². The molecule has 0 saturated heterocycles. The average Bonchev–Trinajstić information content (AvgIpc) is 2.27. The zero-order valence-electron chi connectivity index (χ0n) is 9.87. The number of benzene rings is 1. The molecule has 0 saturated carbocycles. The van der Waals surface area contributed by atoms with Gasteiger partial charge in [-0.1, -0.05) is 11.6 Å². The normalized spacial score (nSPS) is 10.4. The lowest BCUT2D eigenvalue weighted by atomic mass is 10.2. The summed E-state index contributed by atoms with van der Waals surface area (Å²) < 4.78 is 5.29. The second-order valence-corrected chi connectivity index (χ2v) is 4.11. The van der Waals surface area contributed by atoms with Crippen LogP contribution in [0.2, 0.25) is 5.02 Å². The van der Waals surface area contributed by atoms with Crippen LogP contribution in [0.25, 0.3) is 0 Å². The van der Waals surface area contributed by atoms with Crippen LogP contribution in [-0.2, 0) is 4.74 Å². The summed E-state index contributed by atoms with van der Waals surface area (Å²) in [5.41, 5.74) is 7.62. The third kappa shape index (κ3) is 3.91. The Labute approximate surface area is 102 Å². The molecule has 0 aromatic heterocycles. The van der Waals surface area contributed by atoms with Crippen molar-refractivity contribution in [3.05, 3.63) is 23.2 Å². The van der Waals surface area contributed by atoms with E-state index in [1.165, 1.54) is 0 Å². The first-order chi connectivity index (χ1) is 7.65. The van der Waals surface area contributed by atoms with Crippen molar-refractivity contribution in [2.24, 2.45) is 0 Å². The van der Waals surface area contributed by atoms with Crippen molar-refractivity contribution in [1.82, 2.24) is 0 Å². The van der Waals surface area contributed by atoms with Crippen molar-refractivity contribution in [3.63, 3.8) is 0 Å². The lowest BCUT2D eigenvalue weighted by Gasteiger charge is -2.21. The van der Waals surface area contributed by atoms with Crippen LogP contribution in [0.1, 0.15) is 13.3 Å². The summed E-state index contributed by atoms with van der Waals surface area (Å²) in [6.45, 7) is 4.45. The molecule has 0 fully saturated rings. The van der Waals surface area contributed by atoms with E-state index in [1.54, 1.807) is 6.07 Å². The van der Waals surface area contributed by atoms with Crippen LogP contribution in [0.15, 0.2) is 18.2 Å². The van der Waals surface area contributed by atoms with Crippen LogP contribution >= 0.6 is 11.6 Å². The van der Waals surface area contributed by atoms with Crippen molar-refractivity contribution < 1.29 is 4.74 Å². The van der Waals surface area contributed by atoms with E-state index in [0.29, 0.717) is 5.02 Å². The molecule has 1 aromatic rings. The van der Waals surface area contributed by atoms with Crippen LogP contribution in [0.4, 0.5) is 11.4 Å². The molecule has 0 amide bonds. The Balaban J connectivity index is 2.51. The molecule has 4 heteroatoms. The van der Waals surface area contributed by atoms with Gasteiger partial charge in [-0.2, -0.15) is 0 Å². The Morgan fingerprint density at radius 1 is 1.44 bits per heavy atom. The van der Waals surface area contributed by atoms with E-state index in [9.17, 15) is 0 Å². The monoisotopic (exact) mass is 242 g/mol. The highest BCUT2D eigenvalue weighted by atomic mass is 35.5. The van der Waals surface area contributed by atoms with Crippen molar-refractivity contribution >= 4 is 23.0 Å². The SMILES string of the molecule is CCOCCCN(C)c1cc(Cl)ccc1N. The van der Waals surface area contributed by atoms with Gasteiger partial charge in [-0.05, 0) is 31.5 Å². The maximum absolute atomic E-state index is 5.94. The maximum atomic E-state index is 5.94. The van der Waals surface area contributed by atoms with Crippen molar-refractivity contribution in [3.8, 4) is 0 Å². The second-order valence-electron chi connectivity index (χ2n) is 3.68. The molecule has 0 bridgehead atoms. The van der Waals surface area contributed by atoms with Gasteiger partial charge in [0.05, 0.1) is 11.4 Å². The Morgan fingerprint density at radius 3 is 2.88 bits per heavy atom. The number of ether oxygens (including phenoxy) is 1. The maximum Gasteiger partial charge on any atom is 0.0612 e. The summed E-state index contributed by atoms with van der Waals surface area (Å²) in [6, 6.07) is 5.52. The molecule has 1 aromatic carbocycles. The molecule has 16 heavy (non-hydrogen) atoms. The minimum Gasteiger partial charge on any atom is -0.397 e. The fourth-order valence-electron chi connectivity index (χ4n) is 1.52. The van der Waals surface area contributed by atoms with Gasteiger partial charge in [-0.3, -0.25) is 0 Å². The van der Waals surface area contributed by atoms with Gasteiger partial charge in [0.2, 0.25) is 0 Å². The molecular weight excluding hydrogens is 224 g/mol. The molecule has 0 aliphatic heterocycles. The van der Waals surface area contributed by atoms with Gasteiger partial charge in [-0.25, -0.2) is 0 Å². The number of nitrogens with two attached hydrogens (primary N) is 1. The standard InChI is InChI=1S/C12H19ClN2O/c1-3-16-8-4-7-15(2)12-9-10(13)5-6-11(12)14/h5-6,9H,3-4,7-8,14H2,1-2H3. The zero-order chi connectivity index (χ0) is 12.0. The average molecular weight is 243 g/mol. The summed E-state index contributed by atoms with van der Waals surface area (Å²) in [5.74, 6) is 0. The van der Waals surface area contributed by atoms with Gasteiger partial charge >= 0.3 is 0 Å². The number of nitrogen functional groups attached to an aromatic ring is 1. The Kier molecular flexibility index (Phi) is 5.43. The molecule has 0 aliphatic rings. The predicted octanol–water partition coefficient (Wildman–Crippen LogP) is 2.79. The Hall–Kier alpha value is -0.930. The number of anilines is 2. The van der Waals surface area contributed by atoms with Crippen LogP contribution in [-0.4, -0.2) is 26.8 Å². The zero-order valence-corrected chi connectivity index (χ0v) is 10.6. The lowest BCUT2D eigenvalue weighted by molar-refractivity contribution is 0.146. The number of nitrogens with zero attached hydrogens (tertiary/aromatic N) is 1. The largest absolute Gasteiger partial charge is 0.397 e. The molecule has 0 unspecified atom stereocenters. The molecular formula is C12H19ClN2O. The fraction of sp³-hybridized carbons (Fsp3) is 0.500. The second kappa shape index (κ2) is 6.61. The van der Waals surface area contributed by atoms with E-state index in [4.69, 9.17) is 22.1 Å². The highest BCUT2D eigenvalue weighted by Crippen LogP contribution is 2.25. The third-order valence-electron chi connectivity index (χ3n) is 2.39. The smallest absolute Gasteiger partial charge is 0.0612 e. The van der Waals surface area contributed by atoms with E-state index in [1.807, 2.05) is 26.1 Å². The van der Waals surface area contributed by atoms with E-state index >= 15 is 0 Å². The topological polar surface area (TPSA) is 38.5 Å². The quantitative estimate of drug-likeness (QED) is 0.616. The molecule has 2 N–H and O–H groups in total. The molecule has 90 valence electrons.